The van der Waals surface area contributed by atoms with Crippen molar-refractivity contribution in [2.45, 2.75) is 26.8 Å². The number of rotatable bonds is 4. The summed E-state index contributed by atoms with van der Waals surface area (Å²) in [7, 11) is 1.61. The first-order valence-corrected chi connectivity index (χ1v) is 5.94. The summed E-state index contributed by atoms with van der Waals surface area (Å²) < 4.78 is 10.6. The van der Waals surface area contributed by atoms with Gasteiger partial charge < -0.3 is 14.5 Å². The highest BCUT2D eigenvalue weighted by molar-refractivity contribution is 5.41. The fourth-order valence-electron chi connectivity index (χ4n) is 1.99. The summed E-state index contributed by atoms with van der Waals surface area (Å²) in [4.78, 5) is 4.33. The van der Waals surface area contributed by atoms with Crippen molar-refractivity contribution in [2.75, 3.05) is 12.4 Å². The number of aromatic nitrogens is 1. The van der Waals surface area contributed by atoms with Crippen molar-refractivity contribution in [3.8, 4) is 5.88 Å². The minimum absolute atomic E-state index is 0.141. The molecule has 0 saturated heterocycles. The van der Waals surface area contributed by atoms with Gasteiger partial charge in [0.15, 0.2) is 0 Å². The van der Waals surface area contributed by atoms with Gasteiger partial charge in [0.2, 0.25) is 5.88 Å². The lowest BCUT2D eigenvalue weighted by Crippen LogP contribution is -2.08. The Bertz CT molecular complexity index is 534. The Morgan fingerprint density at radius 1 is 1.33 bits per heavy atom. The normalized spacial score (nSPS) is 12.2. The molecule has 96 valence electrons. The van der Waals surface area contributed by atoms with Gasteiger partial charge in [-0.2, -0.15) is 4.98 Å². The zero-order valence-electron chi connectivity index (χ0n) is 11.2. The van der Waals surface area contributed by atoms with Gasteiger partial charge in [-0.15, -0.1) is 0 Å². The van der Waals surface area contributed by atoms with Gasteiger partial charge in [0, 0.05) is 11.6 Å². The Balaban J connectivity index is 2.15. The first-order valence-electron chi connectivity index (χ1n) is 5.94. The molecule has 0 bridgehead atoms. The summed E-state index contributed by atoms with van der Waals surface area (Å²) in [6.07, 6.45) is 0. The van der Waals surface area contributed by atoms with Crippen LogP contribution in [0.4, 0.5) is 5.82 Å². The van der Waals surface area contributed by atoms with E-state index in [9.17, 15) is 0 Å². The highest BCUT2D eigenvalue weighted by atomic mass is 16.5. The van der Waals surface area contributed by atoms with E-state index in [0.717, 1.165) is 22.9 Å². The van der Waals surface area contributed by atoms with Crippen molar-refractivity contribution in [3.63, 3.8) is 0 Å². The molecule has 0 aromatic carbocycles. The minimum Gasteiger partial charge on any atom is -0.481 e. The highest BCUT2D eigenvalue weighted by Gasteiger charge is 2.13. The lowest BCUT2D eigenvalue weighted by Gasteiger charge is -2.14. The number of methoxy groups -OCH3 is 1. The molecular formula is C14H18N2O2. The SMILES string of the molecule is COc1cccc(NC(C)c2cc(C)oc2C)n1. The number of hydrogen-bond acceptors (Lipinski definition) is 4. The summed E-state index contributed by atoms with van der Waals surface area (Å²) in [5.41, 5.74) is 1.15. The predicted molar refractivity (Wildman–Crippen MR) is 71.0 cm³/mol. The number of nitrogens with zero attached hydrogens (tertiary/aromatic N) is 1. The Hall–Kier alpha value is -1.97. The number of furan rings is 1. The second-order valence-electron chi connectivity index (χ2n) is 4.30. The lowest BCUT2D eigenvalue weighted by atomic mass is 10.1. The molecule has 0 fully saturated rings. The van der Waals surface area contributed by atoms with E-state index in [1.54, 1.807) is 7.11 Å². The van der Waals surface area contributed by atoms with Crippen LogP contribution in [-0.4, -0.2) is 12.1 Å². The van der Waals surface area contributed by atoms with Crippen LogP contribution in [0.15, 0.2) is 28.7 Å². The molecule has 2 rings (SSSR count). The van der Waals surface area contributed by atoms with Crippen LogP contribution < -0.4 is 10.1 Å². The monoisotopic (exact) mass is 246 g/mol. The molecule has 2 heterocycles. The molecular weight excluding hydrogens is 228 g/mol. The molecule has 0 saturated carbocycles. The molecule has 0 aliphatic rings. The average molecular weight is 246 g/mol. The van der Waals surface area contributed by atoms with E-state index in [-0.39, 0.29) is 6.04 Å². The molecule has 0 amide bonds. The molecule has 0 spiro atoms. The minimum atomic E-state index is 0.141. The van der Waals surface area contributed by atoms with E-state index in [1.807, 2.05) is 38.1 Å². The van der Waals surface area contributed by atoms with Gasteiger partial charge in [0.25, 0.3) is 0 Å². The van der Waals surface area contributed by atoms with Gasteiger partial charge in [-0.05, 0) is 32.9 Å². The zero-order chi connectivity index (χ0) is 13.1. The van der Waals surface area contributed by atoms with E-state index in [2.05, 4.69) is 17.2 Å². The van der Waals surface area contributed by atoms with Crippen molar-refractivity contribution >= 4 is 5.82 Å². The summed E-state index contributed by atoms with van der Waals surface area (Å²) in [5.74, 6) is 3.26. The van der Waals surface area contributed by atoms with Crippen LogP contribution in [0.3, 0.4) is 0 Å². The second-order valence-corrected chi connectivity index (χ2v) is 4.30. The Kier molecular flexibility index (Phi) is 3.55. The lowest BCUT2D eigenvalue weighted by molar-refractivity contribution is 0.398. The first kappa shape index (κ1) is 12.5. The van der Waals surface area contributed by atoms with Crippen LogP contribution in [0.1, 0.15) is 30.0 Å². The standard InChI is InChI=1S/C14H18N2O2/c1-9-8-12(11(3)18-9)10(2)15-13-6-5-7-14(16-13)17-4/h5-8,10H,1-4H3,(H,15,16). The topological polar surface area (TPSA) is 47.3 Å². The molecule has 4 nitrogen and oxygen atoms in total. The molecule has 1 N–H and O–H groups in total. The molecule has 2 aromatic heterocycles. The molecule has 0 aliphatic heterocycles. The van der Waals surface area contributed by atoms with Gasteiger partial charge in [0.1, 0.15) is 17.3 Å². The molecule has 4 heteroatoms. The maximum Gasteiger partial charge on any atom is 0.214 e. The van der Waals surface area contributed by atoms with Crippen LogP contribution in [-0.2, 0) is 0 Å². The highest BCUT2D eigenvalue weighted by Crippen LogP contribution is 2.24. The fraction of sp³-hybridized carbons (Fsp3) is 0.357. The Labute approximate surface area is 107 Å². The molecule has 1 atom stereocenters. The number of nitrogens with one attached hydrogen (secondary N) is 1. The Morgan fingerprint density at radius 2 is 2.11 bits per heavy atom. The van der Waals surface area contributed by atoms with Crippen LogP contribution in [0.5, 0.6) is 5.88 Å². The van der Waals surface area contributed by atoms with Gasteiger partial charge in [-0.3, -0.25) is 0 Å². The number of ether oxygens (including phenoxy) is 1. The third-order valence-corrected chi connectivity index (χ3v) is 2.84. The third kappa shape index (κ3) is 2.64. The number of anilines is 1. The van der Waals surface area contributed by atoms with Gasteiger partial charge >= 0.3 is 0 Å². The molecule has 1 unspecified atom stereocenters. The third-order valence-electron chi connectivity index (χ3n) is 2.84. The average Bonchev–Trinajstić information content (AvgIpc) is 2.69. The number of hydrogen-bond donors (Lipinski definition) is 1. The zero-order valence-corrected chi connectivity index (χ0v) is 11.2. The predicted octanol–water partition coefficient (Wildman–Crippen LogP) is 3.47. The van der Waals surface area contributed by atoms with E-state index in [4.69, 9.17) is 9.15 Å². The summed E-state index contributed by atoms with van der Waals surface area (Å²) >= 11 is 0. The summed E-state index contributed by atoms with van der Waals surface area (Å²) in [5, 5.41) is 3.34. The molecule has 0 aliphatic carbocycles. The van der Waals surface area contributed by atoms with Crippen LogP contribution in [0.25, 0.3) is 0 Å². The van der Waals surface area contributed by atoms with Crippen molar-refractivity contribution in [3.05, 3.63) is 41.3 Å². The van der Waals surface area contributed by atoms with E-state index >= 15 is 0 Å². The van der Waals surface area contributed by atoms with Gasteiger partial charge in [-0.25, -0.2) is 0 Å². The van der Waals surface area contributed by atoms with Gasteiger partial charge in [-0.1, -0.05) is 6.07 Å². The molecule has 0 radical (unpaired) electrons. The molecule has 18 heavy (non-hydrogen) atoms. The summed E-state index contributed by atoms with van der Waals surface area (Å²) in [6, 6.07) is 7.84. The summed E-state index contributed by atoms with van der Waals surface area (Å²) in [6.45, 7) is 6.00. The van der Waals surface area contributed by atoms with E-state index in [0.29, 0.717) is 5.88 Å². The fourth-order valence-corrected chi connectivity index (χ4v) is 1.99. The van der Waals surface area contributed by atoms with Crippen molar-refractivity contribution in [1.82, 2.24) is 4.98 Å². The maximum atomic E-state index is 5.53. The van der Waals surface area contributed by atoms with Crippen LogP contribution in [0, 0.1) is 13.8 Å². The Morgan fingerprint density at radius 3 is 2.72 bits per heavy atom. The maximum absolute atomic E-state index is 5.53. The van der Waals surface area contributed by atoms with Crippen molar-refractivity contribution in [1.29, 1.82) is 0 Å². The smallest absolute Gasteiger partial charge is 0.214 e. The van der Waals surface area contributed by atoms with Crippen molar-refractivity contribution in [2.24, 2.45) is 0 Å². The largest absolute Gasteiger partial charge is 0.481 e. The first-order chi connectivity index (χ1) is 8.60. The number of pyridine rings is 1. The van der Waals surface area contributed by atoms with Crippen LogP contribution in [0.2, 0.25) is 0 Å². The van der Waals surface area contributed by atoms with E-state index < -0.39 is 0 Å². The van der Waals surface area contributed by atoms with Crippen molar-refractivity contribution < 1.29 is 9.15 Å². The van der Waals surface area contributed by atoms with Crippen LogP contribution >= 0.6 is 0 Å². The van der Waals surface area contributed by atoms with Gasteiger partial charge in [0.05, 0.1) is 13.2 Å². The second kappa shape index (κ2) is 5.12. The number of aryl methyl sites for hydroxylation is 2. The van der Waals surface area contributed by atoms with E-state index in [1.165, 1.54) is 0 Å². The quantitative estimate of drug-likeness (QED) is 0.897. The molecule has 2 aromatic rings.